The Balaban J connectivity index is 2.56. The molecule has 1 atom stereocenters. The van der Waals surface area contributed by atoms with Crippen LogP contribution in [-0.2, 0) is 5.54 Å². The number of hydrogen-bond donors (Lipinski definition) is 1. The molecular formula is C12H17FN2O. The zero-order valence-corrected chi connectivity index (χ0v) is 9.66. The summed E-state index contributed by atoms with van der Waals surface area (Å²) >= 11 is 0. The third kappa shape index (κ3) is 1.58. The molecule has 0 bridgehead atoms. The monoisotopic (exact) mass is 224 g/mol. The molecule has 3 nitrogen and oxygen atoms in total. The van der Waals surface area contributed by atoms with E-state index >= 15 is 0 Å². The summed E-state index contributed by atoms with van der Waals surface area (Å²) in [5.41, 5.74) is 6.43. The summed E-state index contributed by atoms with van der Waals surface area (Å²) < 4.78 is 18.9. The van der Waals surface area contributed by atoms with Gasteiger partial charge in [0.15, 0.2) is 0 Å². The molecule has 1 unspecified atom stereocenters. The van der Waals surface area contributed by atoms with E-state index in [1.54, 1.807) is 6.07 Å². The number of nitrogens with two attached hydrogens (primary N) is 1. The standard InChI is InChI=1S/C12H17FN2O/c1-15(2)12(8-14)5-6-16-11-4-3-9(13)7-10(11)12/h3-4,7H,5-6,8,14H2,1-2H3. The molecule has 0 saturated carbocycles. The number of likely N-dealkylation sites (N-methyl/N-ethyl adjacent to an activating group) is 1. The molecule has 4 heteroatoms. The van der Waals surface area contributed by atoms with Crippen molar-refractivity contribution in [3.63, 3.8) is 0 Å². The lowest BCUT2D eigenvalue weighted by atomic mass is 9.83. The van der Waals surface area contributed by atoms with E-state index in [0.29, 0.717) is 13.2 Å². The fourth-order valence-electron chi connectivity index (χ4n) is 2.32. The third-order valence-corrected chi connectivity index (χ3v) is 3.41. The van der Waals surface area contributed by atoms with Gasteiger partial charge in [0.05, 0.1) is 12.1 Å². The maximum Gasteiger partial charge on any atom is 0.124 e. The van der Waals surface area contributed by atoms with Crippen LogP contribution in [0.25, 0.3) is 0 Å². The minimum absolute atomic E-state index is 0.246. The van der Waals surface area contributed by atoms with Gasteiger partial charge in [0, 0.05) is 18.5 Å². The smallest absolute Gasteiger partial charge is 0.124 e. The molecule has 0 aromatic heterocycles. The van der Waals surface area contributed by atoms with Crippen molar-refractivity contribution in [2.75, 3.05) is 27.2 Å². The van der Waals surface area contributed by atoms with E-state index in [-0.39, 0.29) is 11.4 Å². The number of fused-ring (bicyclic) bond motifs is 1. The lowest BCUT2D eigenvalue weighted by Gasteiger charge is -2.43. The highest BCUT2D eigenvalue weighted by molar-refractivity contribution is 5.41. The summed E-state index contributed by atoms with van der Waals surface area (Å²) in [6.45, 7) is 1.08. The van der Waals surface area contributed by atoms with E-state index < -0.39 is 0 Å². The van der Waals surface area contributed by atoms with Crippen LogP contribution in [0.5, 0.6) is 5.75 Å². The SMILES string of the molecule is CN(C)C1(CN)CCOc2ccc(F)cc21. The quantitative estimate of drug-likeness (QED) is 0.823. The molecule has 0 aliphatic carbocycles. The van der Waals surface area contributed by atoms with Gasteiger partial charge in [-0.2, -0.15) is 0 Å². The van der Waals surface area contributed by atoms with Crippen LogP contribution in [0, 0.1) is 5.82 Å². The van der Waals surface area contributed by atoms with Gasteiger partial charge >= 0.3 is 0 Å². The lowest BCUT2D eigenvalue weighted by molar-refractivity contribution is 0.0933. The fourth-order valence-corrected chi connectivity index (χ4v) is 2.32. The third-order valence-electron chi connectivity index (χ3n) is 3.41. The molecule has 0 spiro atoms. The average Bonchev–Trinajstić information content (AvgIpc) is 2.27. The van der Waals surface area contributed by atoms with Gasteiger partial charge in [-0.05, 0) is 32.3 Å². The second-order valence-electron chi connectivity index (χ2n) is 4.37. The number of ether oxygens (including phenoxy) is 1. The van der Waals surface area contributed by atoms with Gasteiger partial charge in [0.25, 0.3) is 0 Å². The Labute approximate surface area is 95.0 Å². The first-order chi connectivity index (χ1) is 7.60. The van der Waals surface area contributed by atoms with E-state index in [9.17, 15) is 4.39 Å². The molecule has 0 saturated heterocycles. The Morgan fingerprint density at radius 2 is 2.25 bits per heavy atom. The van der Waals surface area contributed by atoms with E-state index in [2.05, 4.69) is 0 Å². The molecule has 0 radical (unpaired) electrons. The second-order valence-corrected chi connectivity index (χ2v) is 4.37. The molecule has 1 aliphatic rings. The highest BCUT2D eigenvalue weighted by Gasteiger charge is 2.38. The van der Waals surface area contributed by atoms with Crippen LogP contribution in [0.2, 0.25) is 0 Å². The van der Waals surface area contributed by atoms with Gasteiger partial charge in [-0.1, -0.05) is 0 Å². The van der Waals surface area contributed by atoms with Crippen LogP contribution in [0.15, 0.2) is 18.2 Å². The van der Waals surface area contributed by atoms with Gasteiger partial charge < -0.3 is 10.5 Å². The summed E-state index contributed by atoms with van der Waals surface area (Å²) in [7, 11) is 3.93. The van der Waals surface area contributed by atoms with Crippen molar-refractivity contribution in [1.82, 2.24) is 4.90 Å². The zero-order valence-electron chi connectivity index (χ0n) is 9.66. The molecule has 88 valence electrons. The summed E-state index contributed by atoms with van der Waals surface area (Å²) in [5.74, 6) is 0.496. The Bertz CT molecular complexity index is 395. The Kier molecular flexibility index (Phi) is 2.86. The Hall–Kier alpha value is -1.13. The van der Waals surface area contributed by atoms with Gasteiger partial charge in [-0.25, -0.2) is 4.39 Å². The van der Waals surface area contributed by atoms with Crippen molar-refractivity contribution in [2.45, 2.75) is 12.0 Å². The number of rotatable bonds is 2. The Morgan fingerprint density at radius 3 is 2.88 bits per heavy atom. The van der Waals surface area contributed by atoms with Gasteiger partial charge in [-0.3, -0.25) is 4.90 Å². The van der Waals surface area contributed by atoms with Crippen LogP contribution >= 0.6 is 0 Å². The summed E-state index contributed by atoms with van der Waals surface area (Å²) in [6, 6.07) is 4.63. The maximum absolute atomic E-state index is 13.3. The predicted molar refractivity (Wildman–Crippen MR) is 60.9 cm³/mol. The predicted octanol–water partition coefficient (Wildman–Crippen LogP) is 1.32. The summed E-state index contributed by atoms with van der Waals surface area (Å²) in [5, 5.41) is 0. The molecular weight excluding hydrogens is 207 g/mol. The van der Waals surface area contributed by atoms with Crippen molar-refractivity contribution in [2.24, 2.45) is 5.73 Å². The van der Waals surface area contributed by atoms with Gasteiger partial charge in [0.1, 0.15) is 11.6 Å². The van der Waals surface area contributed by atoms with Crippen molar-refractivity contribution < 1.29 is 9.13 Å². The first-order valence-corrected chi connectivity index (χ1v) is 5.40. The minimum atomic E-state index is -0.310. The van der Waals surface area contributed by atoms with Crippen LogP contribution in [0.3, 0.4) is 0 Å². The van der Waals surface area contributed by atoms with Crippen LogP contribution < -0.4 is 10.5 Å². The first kappa shape index (κ1) is 11.4. The second kappa shape index (κ2) is 4.03. The maximum atomic E-state index is 13.3. The molecule has 2 rings (SSSR count). The summed E-state index contributed by atoms with van der Waals surface area (Å²) in [6.07, 6.45) is 0.785. The van der Waals surface area contributed by atoms with Gasteiger partial charge in [0.2, 0.25) is 0 Å². The number of halogens is 1. The molecule has 1 aliphatic heterocycles. The topological polar surface area (TPSA) is 38.5 Å². The van der Waals surface area contributed by atoms with Crippen LogP contribution in [-0.4, -0.2) is 32.1 Å². The zero-order chi connectivity index (χ0) is 11.8. The van der Waals surface area contributed by atoms with Crippen molar-refractivity contribution in [1.29, 1.82) is 0 Å². The van der Waals surface area contributed by atoms with Crippen molar-refractivity contribution in [3.05, 3.63) is 29.6 Å². The molecule has 1 aromatic rings. The Morgan fingerprint density at radius 1 is 1.50 bits per heavy atom. The molecule has 0 fully saturated rings. The number of benzene rings is 1. The van der Waals surface area contributed by atoms with Crippen molar-refractivity contribution >= 4 is 0 Å². The summed E-state index contributed by atoms with van der Waals surface area (Å²) in [4.78, 5) is 2.05. The van der Waals surface area contributed by atoms with Crippen LogP contribution in [0.4, 0.5) is 4.39 Å². The molecule has 0 amide bonds. The van der Waals surface area contributed by atoms with Crippen molar-refractivity contribution in [3.8, 4) is 5.75 Å². The van der Waals surface area contributed by atoms with Crippen LogP contribution in [0.1, 0.15) is 12.0 Å². The average molecular weight is 224 g/mol. The highest BCUT2D eigenvalue weighted by atomic mass is 19.1. The van der Waals surface area contributed by atoms with E-state index in [1.165, 1.54) is 12.1 Å². The molecule has 2 N–H and O–H groups in total. The largest absolute Gasteiger partial charge is 0.493 e. The normalized spacial score (nSPS) is 24.1. The molecule has 1 aromatic carbocycles. The fraction of sp³-hybridized carbons (Fsp3) is 0.500. The highest BCUT2D eigenvalue weighted by Crippen LogP contribution is 2.39. The minimum Gasteiger partial charge on any atom is -0.493 e. The van der Waals surface area contributed by atoms with Gasteiger partial charge in [-0.15, -0.1) is 0 Å². The number of hydrogen-bond acceptors (Lipinski definition) is 3. The van der Waals surface area contributed by atoms with E-state index in [0.717, 1.165) is 17.7 Å². The lowest BCUT2D eigenvalue weighted by Crippen LogP contribution is -2.50. The molecule has 1 heterocycles. The number of nitrogens with zero attached hydrogens (tertiary/aromatic N) is 1. The molecule has 16 heavy (non-hydrogen) atoms. The van der Waals surface area contributed by atoms with E-state index in [4.69, 9.17) is 10.5 Å². The van der Waals surface area contributed by atoms with E-state index in [1.807, 2.05) is 19.0 Å². The first-order valence-electron chi connectivity index (χ1n) is 5.40.